The molecule has 0 aliphatic carbocycles. The van der Waals surface area contributed by atoms with Crippen molar-refractivity contribution in [1.82, 2.24) is 9.88 Å². The van der Waals surface area contributed by atoms with E-state index in [1.807, 2.05) is 0 Å². The predicted molar refractivity (Wildman–Crippen MR) is 93.6 cm³/mol. The van der Waals surface area contributed by atoms with Crippen LogP contribution >= 0.6 is 0 Å². The molecule has 0 radical (unpaired) electrons. The van der Waals surface area contributed by atoms with Gasteiger partial charge in [-0.25, -0.2) is 4.39 Å². The lowest BCUT2D eigenvalue weighted by Crippen LogP contribution is -2.33. The Balaban J connectivity index is 1.58. The SMILES string of the molecule is N#Cc1ccc([C@H](O)CN2CCCN(c3cncc(F)c3)CC2)cc1. The van der Waals surface area contributed by atoms with E-state index in [1.54, 1.807) is 30.5 Å². The molecule has 0 bridgehead atoms. The molecule has 1 aliphatic heterocycles. The zero-order valence-electron chi connectivity index (χ0n) is 14.0. The Hall–Kier alpha value is -2.49. The van der Waals surface area contributed by atoms with Crippen LogP contribution < -0.4 is 4.90 Å². The second-order valence-electron chi connectivity index (χ2n) is 6.25. The number of hydrogen-bond acceptors (Lipinski definition) is 5. The minimum Gasteiger partial charge on any atom is -0.387 e. The first-order chi connectivity index (χ1) is 12.2. The third kappa shape index (κ3) is 4.53. The Morgan fingerprint density at radius 2 is 1.96 bits per heavy atom. The van der Waals surface area contributed by atoms with E-state index >= 15 is 0 Å². The van der Waals surface area contributed by atoms with Gasteiger partial charge in [-0.15, -0.1) is 0 Å². The molecular formula is C19H21FN4O. The second kappa shape index (κ2) is 8.06. The van der Waals surface area contributed by atoms with Crippen molar-refractivity contribution in [2.75, 3.05) is 37.6 Å². The monoisotopic (exact) mass is 340 g/mol. The van der Waals surface area contributed by atoms with Gasteiger partial charge in [-0.2, -0.15) is 5.26 Å². The lowest BCUT2D eigenvalue weighted by Gasteiger charge is -2.25. The third-order valence-corrected chi connectivity index (χ3v) is 4.50. The molecule has 1 N–H and O–H groups in total. The van der Waals surface area contributed by atoms with Crippen molar-refractivity contribution in [1.29, 1.82) is 5.26 Å². The van der Waals surface area contributed by atoms with E-state index in [0.717, 1.165) is 43.9 Å². The summed E-state index contributed by atoms with van der Waals surface area (Å²) >= 11 is 0. The van der Waals surface area contributed by atoms with Gasteiger partial charge in [0.2, 0.25) is 0 Å². The lowest BCUT2D eigenvalue weighted by molar-refractivity contribution is 0.117. The first-order valence-corrected chi connectivity index (χ1v) is 8.41. The fourth-order valence-corrected chi connectivity index (χ4v) is 3.12. The maximum atomic E-state index is 13.4. The van der Waals surface area contributed by atoms with Gasteiger partial charge in [0.25, 0.3) is 0 Å². The first kappa shape index (κ1) is 17.3. The molecule has 0 unspecified atom stereocenters. The Morgan fingerprint density at radius 1 is 1.16 bits per heavy atom. The van der Waals surface area contributed by atoms with E-state index in [-0.39, 0.29) is 5.82 Å². The van der Waals surface area contributed by atoms with E-state index < -0.39 is 6.10 Å². The molecule has 1 aliphatic rings. The Bertz CT molecular complexity index is 744. The van der Waals surface area contributed by atoms with Crippen LogP contribution in [-0.2, 0) is 0 Å². The third-order valence-electron chi connectivity index (χ3n) is 4.50. The molecule has 0 saturated carbocycles. The zero-order valence-corrected chi connectivity index (χ0v) is 14.0. The van der Waals surface area contributed by atoms with Gasteiger partial charge in [0.15, 0.2) is 0 Å². The number of nitrogens with zero attached hydrogens (tertiary/aromatic N) is 4. The summed E-state index contributed by atoms with van der Waals surface area (Å²) in [6.45, 7) is 3.83. The number of aliphatic hydroxyl groups excluding tert-OH is 1. The van der Waals surface area contributed by atoms with E-state index in [2.05, 4.69) is 20.9 Å². The highest BCUT2D eigenvalue weighted by Crippen LogP contribution is 2.19. The molecule has 6 heteroatoms. The van der Waals surface area contributed by atoms with Crippen LogP contribution in [0.2, 0.25) is 0 Å². The molecule has 0 spiro atoms. The fraction of sp³-hybridized carbons (Fsp3) is 0.368. The van der Waals surface area contributed by atoms with Crippen molar-refractivity contribution in [2.45, 2.75) is 12.5 Å². The number of rotatable bonds is 4. The summed E-state index contributed by atoms with van der Waals surface area (Å²) in [5, 5.41) is 19.3. The van der Waals surface area contributed by atoms with E-state index in [0.29, 0.717) is 12.1 Å². The number of pyridine rings is 1. The molecule has 1 saturated heterocycles. The van der Waals surface area contributed by atoms with Crippen molar-refractivity contribution >= 4 is 5.69 Å². The molecule has 1 fully saturated rings. The highest BCUT2D eigenvalue weighted by atomic mass is 19.1. The average molecular weight is 340 g/mol. The highest BCUT2D eigenvalue weighted by Gasteiger charge is 2.19. The number of β-amino-alcohol motifs (C(OH)–C–C–N with tert-alkyl or cyclic N) is 1. The number of halogens is 1. The standard InChI is InChI=1S/C19H21FN4O/c20-17-10-18(13-22-12-17)24-7-1-6-23(8-9-24)14-19(25)16-4-2-15(11-21)3-5-16/h2-5,10,12-13,19,25H,1,6-9,14H2/t19-/m1/s1. The van der Waals surface area contributed by atoms with Crippen molar-refractivity contribution in [3.8, 4) is 6.07 Å². The van der Waals surface area contributed by atoms with Crippen LogP contribution in [0.25, 0.3) is 0 Å². The summed E-state index contributed by atoms with van der Waals surface area (Å²) in [4.78, 5) is 8.27. The van der Waals surface area contributed by atoms with Crippen molar-refractivity contribution < 1.29 is 9.50 Å². The Kier molecular flexibility index (Phi) is 5.59. The van der Waals surface area contributed by atoms with E-state index in [9.17, 15) is 9.50 Å². The molecule has 25 heavy (non-hydrogen) atoms. The number of aliphatic hydroxyl groups is 1. The topological polar surface area (TPSA) is 63.4 Å². The van der Waals surface area contributed by atoms with Gasteiger partial charge in [-0.05, 0) is 24.1 Å². The number of nitriles is 1. The highest BCUT2D eigenvalue weighted by molar-refractivity contribution is 5.44. The van der Waals surface area contributed by atoms with Crippen LogP contribution in [0.1, 0.15) is 23.7 Å². The maximum Gasteiger partial charge on any atom is 0.143 e. The predicted octanol–water partition coefficient (Wildman–Crippen LogP) is 2.34. The average Bonchev–Trinajstić information content (AvgIpc) is 2.87. The number of anilines is 1. The van der Waals surface area contributed by atoms with Crippen LogP contribution in [0.5, 0.6) is 0 Å². The number of benzene rings is 1. The summed E-state index contributed by atoms with van der Waals surface area (Å²) in [5.74, 6) is -0.324. The van der Waals surface area contributed by atoms with Crippen LogP contribution in [0.15, 0.2) is 42.7 Å². The Labute approximate surface area is 146 Å². The molecule has 5 nitrogen and oxygen atoms in total. The van der Waals surface area contributed by atoms with Crippen molar-refractivity contribution in [3.63, 3.8) is 0 Å². The molecule has 1 aromatic heterocycles. The van der Waals surface area contributed by atoms with Crippen LogP contribution in [-0.4, -0.2) is 47.7 Å². The number of aromatic nitrogens is 1. The molecular weight excluding hydrogens is 319 g/mol. The molecule has 3 rings (SSSR count). The maximum absolute atomic E-state index is 13.4. The van der Waals surface area contributed by atoms with Crippen LogP contribution in [0, 0.1) is 17.1 Å². The normalized spacial score (nSPS) is 16.9. The van der Waals surface area contributed by atoms with Gasteiger partial charge in [-0.3, -0.25) is 9.88 Å². The largest absolute Gasteiger partial charge is 0.387 e. The molecule has 1 atom stereocenters. The molecule has 1 aromatic carbocycles. The van der Waals surface area contributed by atoms with Gasteiger partial charge in [0, 0.05) is 38.8 Å². The minimum absolute atomic E-state index is 0.324. The first-order valence-electron chi connectivity index (χ1n) is 8.41. The lowest BCUT2D eigenvalue weighted by atomic mass is 10.1. The molecule has 2 aromatic rings. The molecule has 0 amide bonds. The zero-order chi connectivity index (χ0) is 17.6. The van der Waals surface area contributed by atoms with Crippen LogP contribution in [0.3, 0.4) is 0 Å². The quantitative estimate of drug-likeness (QED) is 0.925. The van der Waals surface area contributed by atoms with Gasteiger partial charge < -0.3 is 10.0 Å². The van der Waals surface area contributed by atoms with Gasteiger partial charge in [0.1, 0.15) is 5.82 Å². The van der Waals surface area contributed by atoms with E-state index in [4.69, 9.17) is 5.26 Å². The fourth-order valence-electron chi connectivity index (χ4n) is 3.12. The summed E-state index contributed by atoms with van der Waals surface area (Å²) in [7, 11) is 0. The second-order valence-corrected chi connectivity index (χ2v) is 6.25. The van der Waals surface area contributed by atoms with Crippen molar-refractivity contribution in [2.24, 2.45) is 0 Å². The van der Waals surface area contributed by atoms with Crippen LogP contribution in [0.4, 0.5) is 10.1 Å². The van der Waals surface area contributed by atoms with Gasteiger partial charge in [0.05, 0.1) is 35.8 Å². The van der Waals surface area contributed by atoms with Crippen molar-refractivity contribution in [3.05, 3.63) is 59.7 Å². The minimum atomic E-state index is -0.588. The molecule has 2 heterocycles. The summed E-state index contributed by atoms with van der Waals surface area (Å²) in [6, 6.07) is 10.6. The smallest absolute Gasteiger partial charge is 0.143 e. The number of hydrogen-bond donors (Lipinski definition) is 1. The Morgan fingerprint density at radius 3 is 2.68 bits per heavy atom. The van der Waals surface area contributed by atoms with Gasteiger partial charge in [-0.1, -0.05) is 12.1 Å². The summed E-state index contributed by atoms with van der Waals surface area (Å²) in [6.07, 6.45) is 3.25. The van der Waals surface area contributed by atoms with Gasteiger partial charge >= 0.3 is 0 Å². The summed E-state index contributed by atoms with van der Waals surface area (Å²) < 4.78 is 13.4. The van der Waals surface area contributed by atoms with E-state index in [1.165, 1.54) is 12.3 Å². The summed E-state index contributed by atoms with van der Waals surface area (Å²) in [5.41, 5.74) is 2.20. The molecule has 130 valence electrons.